The van der Waals surface area contributed by atoms with Gasteiger partial charge < -0.3 is 30.7 Å². The summed E-state index contributed by atoms with van der Waals surface area (Å²) < 4.78 is 10.3. The van der Waals surface area contributed by atoms with Crippen molar-refractivity contribution in [1.82, 2.24) is 10.6 Å². The number of ether oxygens (including phenoxy) is 2. The Morgan fingerprint density at radius 2 is 1.17 bits per heavy atom. The van der Waals surface area contributed by atoms with Gasteiger partial charge >= 0.3 is 24.2 Å². The minimum atomic E-state index is -0.676. The molecule has 0 bridgehead atoms. The van der Waals surface area contributed by atoms with E-state index in [1.165, 1.54) is 18.2 Å². The number of isocyanates is 1. The van der Waals surface area contributed by atoms with Crippen LogP contribution in [0.3, 0.4) is 0 Å². The molecule has 0 saturated heterocycles. The summed E-state index contributed by atoms with van der Waals surface area (Å²) in [6.07, 6.45) is 1.52. The molecule has 0 aromatic heterocycles. The number of urea groups is 2. The molecule has 264 valence electrons. The minimum Gasteiger partial charge on any atom is -0.449 e. The number of fused-ring (bicyclic) bond motifs is 3. The largest absolute Gasteiger partial charge is 0.449 e. The molecule has 0 radical (unpaired) electrons. The van der Waals surface area contributed by atoms with Gasteiger partial charge in [0.15, 0.2) is 0 Å². The van der Waals surface area contributed by atoms with Gasteiger partial charge in [0.25, 0.3) is 0 Å². The number of anilines is 4. The van der Waals surface area contributed by atoms with Gasteiger partial charge in [-0.05, 0) is 102 Å². The molecule has 0 saturated carbocycles. The topological polar surface area (TPSA) is 212 Å². The number of carbonyl (C=O) groups is 4. The lowest BCUT2D eigenvalue weighted by Gasteiger charge is -2.10. The molecule has 0 heterocycles. The Hall–Kier alpha value is -7.17. The molecule has 52 heavy (non-hydrogen) atoms. The Bertz CT molecular complexity index is 2060. The average molecular weight is 703 g/mol. The van der Waals surface area contributed by atoms with E-state index in [0.29, 0.717) is 53.3 Å². The summed E-state index contributed by atoms with van der Waals surface area (Å²) >= 11 is 0. The third-order valence-corrected chi connectivity index (χ3v) is 7.58. The van der Waals surface area contributed by atoms with Gasteiger partial charge in [0, 0.05) is 35.8 Å². The molecule has 1 aliphatic carbocycles. The first-order chi connectivity index (χ1) is 25.3. The van der Waals surface area contributed by atoms with Gasteiger partial charge in [0.1, 0.15) is 0 Å². The first-order valence-electron chi connectivity index (χ1n) is 16.2. The number of nitrogens with zero attached hydrogens (tertiary/aromatic N) is 2. The van der Waals surface area contributed by atoms with Crippen LogP contribution in [0.25, 0.3) is 11.1 Å². The highest BCUT2D eigenvalue weighted by molar-refractivity contribution is 5.92. The number of hydrogen-bond acceptors (Lipinski definition) is 9. The van der Waals surface area contributed by atoms with Crippen LogP contribution in [0, 0.1) is 11.3 Å². The third-order valence-electron chi connectivity index (χ3n) is 7.58. The number of carbonyl (C=O) groups excluding carboxylic acids is 5. The van der Waals surface area contributed by atoms with Gasteiger partial charge in [0.05, 0.1) is 30.5 Å². The van der Waals surface area contributed by atoms with Crippen LogP contribution in [-0.4, -0.2) is 56.6 Å². The van der Waals surface area contributed by atoms with Crippen LogP contribution >= 0.6 is 0 Å². The van der Waals surface area contributed by atoms with Gasteiger partial charge in [-0.15, -0.1) is 0 Å². The zero-order chi connectivity index (χ0) is 36.7. The van der Waals surface area contributed by atoms with Crippen molar-refractivity contribution < 1.29 is 33.4 Å². The lowest BCUT2D eigenvalue weighted by Crippen LogP contribution is -2.30. The van der Waals surface area contributed by atoms with Gasteiger partial charge in [-0.1, -0.05) is 24.3 Å². The zero-order valence-electron chi connectivity index (χ0n) is 27.8. The molecule has 6 N–H and O–H groups in total. The van der Waals surface area contributed by atoms with Gasteiger partial charge in [-0.25, -0.2) is 24.0 Å². The lowest BCUT2D eigenvalue weighted by atomic mass is 10.1. The van der Waals surface area contributed by atoms with Crippen LogP contribution in [0.2, 0.25) is 0 Å². The zero-order valence-corrected chi connectivity index (χ0v) is 27.8. The highest BCUT2D eigenvalue weighted by Gasteiger charge is 2.20. The van der Waals surface area contributed by atoms with Crippen LogP contribution in [-0.2, 0) is 20.7 Å². The van der Waals surface area contributed by atoms with Crippen molar-refractivity contribution in [3.63, 3.8) is 0 Å². The molecular weight excluding hydrogens is 668 g/mol. The van der Waals surface area contributed by atoms with Crippen LogP contribution in [0.4, 0.5) is 47.6 Å². The Kier molecular flexibility index (Phi) is 12.5. The predicted molar refractivity (Wildman–Crippen MR) is 193 cm³/mol. The number of hydrogen-bond donors (Lipinski definition) is 6. The molecule has 1 aliphatic rings. The standard InChI is InChI=1S/C37H34N8O7/c38-22-24-5-1-7-28(17-24)44-36(49)51-15-3-13-39-34(47)42-30-9-11-32-25(19-30)18-26-20-31(10-12-33(26)32)43-35(48)40-14-4-16-52-37(50)45-29-8-2-6-27(21-29)41-23-46/h1-2,5-12,17,19-21H,3-4,13-16,18H2,(H,44,49)(H,45,50)(H2,39,42,47)(H2,40,43,48). The molecule has 5 rings (SSSR count). The van der Waals surface area contributed by atoms with E-state index >= 15 is 0 Å². The molecule has 0 atom stereocenters. The third kappa shape index (κ3) is 10.7. The summed E-state index contributed by atoms with van der Waals surface area (Å²) in [6, 6.07) is 25.3. The van der Waals surface area contributed by atoms with Crippen LogP contribution < -0.4 is 31.9 Å². The average Bonchev–Trinajstić information content (AvgIpc) is 3.48. The Morgan fingerprint density at radius 1 is 0.654 bits per heavy atom. The quantitative estimate of drug-likeness (QED) is 0.0445. The van der Waals surface area contributed by atoms with Crippen molar-refractivity contribution >= 4 is 58.8 Å². The number of nitriles is 1. The number of amides is 6. The highest BCUT2D eigenvalue weighted by atomic mass is 16.6. The smallest absolute Gasteiger partial charge is 0.411 e. The van der Waals surface area contributed by atoms with E-state index in [4.69, 9.17) is 14.7 Å². The summed E-state index contributed by atoms with van der Waals surface area (Å²) in [7, 11) is 0. The summed E-state index contributed by atoms with van der Waals surface area (Å²) in [5.41, 5.74) is 7.01. The molecule has 0 spiro atoms. The van der Waals surface area contributed by atoms with Crippen molar-refractivity contribution in [3.8, 4) is 17.2 Å². The summed E-state index contributed by atoms with van der Waals surface area (Å²) in [6.45, 7) is 0.720. The first kappa shape index (κ1) is 36.1. The maximum Gasteiger partial charge on any atom is 0.411 e. The molecule has 6 amide bonds. The van der Waals surface area contributed by atoms with Gasteiger partial charge in [-0.3, -0.25) is 10.6 Å². The molecule has 4 aromatic carbocycles. The number of nitrogens with one attached hydrogen (secondary N) is 6. The van der Waals surface area contributed by atoms with E-state index in [2.05, 4.69) is 36.9 Å². The second kappa shape index (κ2) is 18.0. The lowest BCUT2D eigenvalue weighted by molar-refractivity contribution is 0.159. The van der Waals surface area contributed by atoms with E-state index < -0.39 is 24.2 Å². The highest BCUT2D eigenvalue weighted by Crippen LogP contribution is 2.39. The summed E-state index contributed by atoms with van der Waals surface area (Å²) in [4.78, 5) is 62.8. The molecular formula is C37H34N8O7. The van der Waals surface area contributed by atoms with Crippen LogP contribution in [0.5, 0.6) is 0 Å². The minimum absolute atomic E-state index is 0.0747. The summed E-state index contributed by atoms with van der Waals surface area (Å²) in [5, 5.41) is 25.2. The molecule has 0 fully saturated rings. The van der Waals surface area contributed by atoms with Crippen molar-refractivity contribution in [2.24, 2.45) is 4.99 Å². The van der Waals surface area contributed by atoms with E-state index in [1.807, 2.05) is 42.5 Å². The van der Waals surface area contributed by atoms with E-state index in [0.717, 1.165) is 22.3 Å². The maximum atomic E-state index is 12.5. The van der Waals surface area contributed by atoms with E-state index in [9.17, 15) is 24.0 Å². The number of aliphatic imine (C=N–C) groups is 1. The van der Waals surface area contributed by atoms with Crippen LogP contribution in [0.1, 0.15) is 29.5 Å². The van der Waals surface area contributed by atoms with Crippen LogP contribution in [0.15, 0.2) is 89.9 Å². The van der Waals surface area contributed by atoms with Crippen molar-refractivity contribution in [2.75, 3.05) is 47.6 Å². The maximum absolute atomic E-state index is 12.5. The normalized spacial score (nSPS) is 10.6. The fourth-order valence-electron chi connectivity index (χ4n) is 5.27. The molecule has 15 heteroatoms. The molecule has 0 unspecified atom stereocenters. The van der Waals surface area contributed by atoms with Crippen molar-refractivity contribution in [1.29, 1.82) is 5.26 Å². The Labute approximate surface area is 298 Å². The fraction of sp³-hybridized carbons (Fsp3) is 0.189. The van der Waals surface area contributed by atoms with Crippen molar-refractivity contribution in [2.45, 2.75) is 19.3 Å². The Balaban J connectivity index is 0.975. The fourth-order valence-corrected chi connectivity index (χ4v) is 5.27. The van der Waals surface area contributed by atoms with Crippen molar-refractivity contribution in [3.05, 3.63) is 102 Å². The SMILES string of the molecule is N#Cc1cccc(NC(=O)OCCCNC(=O)Nc2ccc3c(c2)Cc2cc(NC(=O)NCCCOC(=O)Nc4cccc(N=C=O)c4)ccc2-3)c1. The number of rotatable bonds is 13. The van der Waals surface area contributed by atoms with E-state index in [1.54, 1.807) is 36.4 Å². The number of benzene rings is 4. The Morgan fingerprint density at radius 3 is 1.71 bits per heavy atom. The molecule has 4 aromatic rings. The first-order valence-corrected chi connectivity index (χ1v) is 16.2. The van der Waals surface area contributed by atoms with Gasteiger partial charge in [0.2, 0.25) is 6.08 Å². The second-order valence-corrected chi connectivity index (χ2v) is 11.4. The predicted octanol–water partition coefficient (Wildman–Crippen LogP) is 6.62. The summed E-state index contributed by atoms with van der Waals surface area (Å²) in [5.74, 6) is 0. The van der Waals surface area contributed by atoms with Gasteiger partial charge in [-0.2, -0.15) is 10.3 Å². The van der Waals surface area contributed by atoms with E-state index in [-0.39, 0.29) is 26.3 Å². The monoisotopic (exact) mass is 702 g/mol. The molecule has 0 aliphatic heterocycles. The second-order valence-electron chi connectivity index (χ2n) is 11.4. The molecule has 15 nitrogen and oxygen atoms in total.